The number of carbonyl (C=O) groups excluding carboxylic acids is 1. The number of nitrogens with zero attached hydrogens (tertiary/aromatic N) is 5. The van der Waals surface area contributed by atoms with Crippen molar-refractivity contribution in [2.45, 2.75) is 25.7 Å². The predicted molar refractivity (Wildman–Crippen MR) is 129 cm³/mol. The van der Waals surface area contributed by atoms with E-state index in [1.807, 2.05) is 35.3 Å². The Morgan fingerprint density at radius 3 is 3.03 bits per heavy atom. The topological polar surface area (TPSA) is 94.8 Å². The summed E-state index contributed by atoms with van der Waals surface area (Å²) in [5.41, 5.74) is 1.70. The zero-order chi connectivity index (χ0) is 22.8. The SMILES string of the molecule is COCCNC(=O)[C@@H]1CC[C@@H](Cc2ncc3c(Br)nn(-c4ccc5cnccc5c4)c3n2)C1. The highest BCUT2D eigenvalue weighted by Gasteiger charge is 2.30. The van der Waals surface area contributed by atoms with Crippen molar-refractivity contribution in [1.82, 2.24) is 30.0 Å². The van der Waals surface area contributed by atoms with Crippen molar-refractivity contribution >= 4 is 43.6 Å². The van der Waals surface area contributed by atoms with E-state index in [0.717, 1.165) is 59.0 Å². The van der Waals surface area contributed by atoms with Crippen LogP contribution < -0.4 is 5.32 Å². The number of ether oxygens (including phenoxy) is 1. The maximum atomic E-state index is 12.4. The Kier molecular flexibility index (Phi) is 6.32. The number of benzene rings is 1. The van der Waals surface area contributed by atoms with Gasteiger partial charge in [-0.1, -0.05) is 6.07 Å². The number of methoxy groups -OCH3 is 1. The van der Waals surface area contributed by atoms with E-state index in [2.05, 4.69) is 42.4 Å². The molecule has 1 saturated carbocycles. The summed E-state index contributed by atoms with van der Waals surface area (Å²) in [6, 6.07) is 8.13. The average molecular weight is 509 g/mol. The first-order valence-electron chi connectivity index (χ1n) is 11.1. The number of carbonyl (C=O) groups is 1. The van der Waals surface area contributed by atoms with Crippen LogP contribution in [0.3, 0.4) is 0 Å². The summed E-state index contributed by atoms with van der Waals surface area (Å²) in [5, 5.41) is 10.7. The molecule has 0 aliphatic heterocycles. The van der Waals surface area contributed by atoms with Gasteiger partial charge in [-0.25, -0.2) is 14.6 Å². The molecule has 3 heterocycles. The standard InChI is InChI=1S/C24H25BrN6O2/c1-33-9-8-27-24(32)17-3-2-15(10-17)11-21-28-14-20-22(25)30-31(23(20)29-21)19-5-4-18-13-26-7-6-16(18)12-19/h4-7,12-15,17H,2-3,8-11H2,1H3,(H,27,32)/t15-,17-/m1/s1. The van der Waals surface area contributed by atoms with Crippen molar-refractivity contribution in [3.8, 4) is 5.69 Å². The van der Waals surface area contributed by atoms with E-state index >= 15 is 0 Å². The lowest BCUT2D eigenvalue weighted by Gasteiger charge is -2.12. The van der Waals surface area contributed by atoms with Crippen molar-refractivity contribution < 1.29 is 9.53 Å². The normalized spacial score (nSPS) is 18.2. The molecular formula is C24H25BrN6O2. The molecule has 1 fully saturated rings. The summed E-state index contributed by atoms with van der Waals surface area (Å²) in [6.45, 7) is 1.09. The summed E-state index contributed by atoms with van der Waals surface area (Å²) in [7, 11) is 1.64. The molecular weight excluding hydrogens is 484 g/mol. The molecule has 9 heteroatoms. The van der Waals surface area contributed by atoms with Crippen molar-refractivity contribution in [2.24, 2.45) is 11.8 Å². The van der Waals surface area contributed by atoms with Crippen molar-refractivity contribution in [2.75, 3.05) is 20.3 Å². The molecule has 1 aliphatic rings. The molecule has 4 aromatic rings. The number of hydrogen-bond donors (Lipinski definition) is 1. The summed E-state index contributed by atoms with van der Waals surface area (Å²) < 4.78 is 7.58. The molecule has 1 aromatic carbocycles. The van der Waals surface area contributed by atoms with Crippen LogP contribution in [0.1, 0.15) is 25.1 Å². The highest BCUT2D eigenvalue weighted by molar-refractivity contribution is 9.10. The Morgan fingerprint density at radius 1 is 1.24 bits per heavy atom. The van der Waals surface area contributed by atoms with Gasteiger partial charge < -0.3 is 10.1 Å². The van der Waals surface area contributed by atoms with E-state index in [0.29, 0.717) is 23.7 Å². The Balaban J connectivity index is 1.36. The first-order valence-corrected chi connectivity index (χ1v) is 11.9. The fraction of sp³-hybridized carbons (Fsp3) is 0.375. The van der Waals surface area contributed by atoms with Crippen molar-refractivity contribution in [1.29, 1.82) is 0 Å². The third-order valence-electron chi connectivity index (χ3n) is 6.29. The second-order valence-electron chi connectivity index (χ2n) is 8.50. The first kappa shape index (κ1) is 21.9. The largest absolute Gasteiger partial charge is 0.383 e. The Morgan fingerprint density at radius 2 is 2.15 bits per heavy atom. The van der Waals surface area contributed by atoms with Crippen LogP contribution in [-0.4, -0.2) is 50.9 Å². The third kappa shape index (κ3) is 4.60. The van der Waals surface area contributed by atoms with Gasteiger partial charge in [0, 0.05) is 50.0 Å². The van der Waals surface area contributed by atoms with Crippen LogP contribution in [0.4, 0.5) is 0 Å². The van der Waals surface area contributed by atoms with Gasteiger partial charge in [-0.3, -0.25) is 9.78 Å². The highest BCUT2D eigenvalue weighted by atomic mass is 79.9. The molecule has 1 N–H and O–H groups in total. The summed E-state index contributed by atoms with van der Waals surface area (Å²) >= 11 is 3.55. The van der Waals surface area contributed by atoms with Gasteiger partial charge in [0.1, 0.15) is 10.4 Å². The van der Waals surface area contributed by atoms with Gasteiger partial charge in [0.25, 0.3) is 0 Å². The van der Waals surface area contributed by atoms with Crippen LogP contribution in [-0.2, 0) is 16.0 Å². The summed E-state index contributed by atoms with van der Waals surface area (Å²) in [5.74, 6) is 1.36. The van der Waals surface area contributed by atoms with Crippen LogP contribution in [0, 0.1) is 11.8 Å². The average Bonchev–Trinajstić information content (AvgIpc) is 3.43. The van der Waals surface area contributed by atoms with E-state index in [4.69, 9.17) is 9.72 Å². The number of amides is 1. The van der Waals surface area contributed by atoms with Crippen LogP contribution >= 0.6 is 15.9 Å². The first-order chi connectivity index (χ1) is 16.1. The number of halogens is 1. The van der Waals surface area contributed by atoms with Crippen molar-refractivity contribution in [3.63, 3.8) is 0 Å². The molecule has 3 aromatic heterocycles. The molecule has 170 valence electrons. The number of hydrogen-bond acceptors (Lipinski definition) is 6. The van der Waals surface area contributed by atoms with Crippen LogP contribution in [0.15, 0.2) is 47.5 Å². The molecule has 8 nitrogen and oxygen atoms in total. The maximum Gasteiger partial charge on any atom is 0.223 e. The number of aromatic nitrogens is 5. The Hall–Kier alpha value is -2.91. The predicted octanol–water partition coefficient (Wildman–Crippen LogP) is 3.85. The van der Waals surface area contributed by atoms with Crippen molar-refractivity contribution in [3.05, 3.63) is 53.3 Å². The van der Waals surface area contributed by atoms with Gasteiger partial charge in [-0.05, 0) is 64.7 Å². The van der Waals surface area contributed by atoms with Crippen LogP contribution in [0.25, 0.3) is 27.5 Å². The molecule has 1 amide bonds. The zero-order valence-electron chi connectivity index (χ0n) is 18.4. The molecule has 1 aliphatic carbocycles. The molecule has 0 radical (unpaired) electrons. The summed E-state index contributed by atoms with van der Waals surface area (Å²) in [4.78, 5) is 26.0. The number of pyridine rings is 1. The van der Waals surface area contributed by atoms with Gasteiger partial charge in [-0.2, -0.15) is 5.10 Å². The minimum Gasteiger partial charge on any atom is -0.383 e. The number of nitrogens with one attached hydrogen (secondary N) is 1. The minimum atomic E-state index is 0.0577. The molecule has 0 bridgehead atoms. The monoisotopic (exact) mass is 508 g/mol. The lowest BCUT2D eigenvalue weighted by atomic mass is 10.0. The number of rotatable bonds is 7. The summed E-state index contributed by atoms with van der Waals surface area (Å²) in [6.07, 6.45) is 9.00. The minimum absolute atomic E-state index is 0.0577. The smallest absolute Gasteiger partial charge is 0.223 e. The van der Waals surface area contributed by atoms with Crippen LogP contribution in [0.5, 0.6) is 0 Å². The highest BCUT2D eigenvalue weighted by Crippen LogP contribution is 2.33. The number of fused-ring (bicyclic) bond motifs is 2. The molecule has 0 spiro atoms. The van der Waals surface area contributed by atoms with Gasteiger partial charge in [-0.15, -0.1) is 0 Å². The van der Waals surface area contributed by atoms with E-state index in [-0.39, 0.29) is 11.8 Å². The van der Waals surface area contributed by atoms with E-state index in [1.165, 1.54) is 0 Å². The quantitative estimate of drug-likeness (QED) is 0.381. The second-order valence-corrected chi connectivity index (χ2v) is 9.25. The van der Waals surface area contributed by atoms with Gasteiger partial charge in [0.05, 0.1) is 17.7 Å². The van der Waals surface area contributed by atoms with Crippen LogP contribution in [0.2, 0.25) is 0 Å². The molecule has 0 unspecified atom stereocenters. The lowest BCUT2D eigenvalue weighted by Crippen LogP contribution is -2.32. The van der Waals surface area contributed by atoms with E-state index in [1.54, 1.807) is 13.3 Å². The van der Waals surface area contributed by atoms with E-state index < -0.39 is 0 Å². The second kappa shape index (κ2) is 9.52. The third-order valence-corrected chi connectivity index (χ3v) is 6.87. The zero-order valence-corrected chi connectivity index (χ0v) is 20.0. The Labute approximate surface area is 199 Å². The molecule has 5 rings (SSSR count). The van der Waals surface area contributed by atoms with Gasteiger partial charge >= 0.3 is 0 Å². The fourth-order valence-electron chi connectivity index (χ4n) is 4.56. The fourth-order valence-corrected chi connectivity index (χ4v) is 5.00. The molecule has 33 heavy (non-hydrogen) atoms. The van der Waals surface area contributed by atoms with E-state index in [9.17, 15) is 4.79 Å². The maximum absolute atomic E-state index is 12.4. The molecule has 0 saturated heterocycles. The van der Waals surface area contributed by atoms with Gasteiger partial charge in [0.2, 0.25) is 5.91 Å². The van der Waals surface area contributed by atoms with Gasteiger partial charge in [0.15, 0.2) is 5.65 Å². The molecule has 2 atom stereocenters. The lowest BCUT2D eigenvalue weighted by molar-refractivity contribution is -0.125. The Bertz CT molecular complexity index is 1310.